The van der Waals surface area contributed by atoms with E-state index in [9.17, 15) is 0 Å². The van der Waals surface area contributed by atoms with E-state index in [1.807, 2.05) is 19.3 Å². The molecule has 0 radical (unpaired) electrons. The van der Waals surface area contributed by atoms with E-state index >= 15 is 0 Å². The fourth-order valence-corrected chi connectivity index (χ4v) is 3.63. The summed E-state index contributed by atoms with van der Waals surface area (Å²) in [5.74, 6) is 2.61. The molecule has 1 N–H and O–H groups in total. The minimum Gasteiger partial charge on any atom is -0.381 e. The van der Waals surface area contributed by atoms with E-state index in [1.165, 1.54) is 5.56 Å². The summed E-state index contributed by atoms with van der Waals surface area (Å²) in [6, 6.07) is 4.17. The molecule has 27 heavy (non-hydrogen) atoms. The van der Waals surface area contributed by atoms with Gasteiger partial charge in [-0.3, -0.25) is 4.99 Å². The van der Waals surface area contributed by atoms with Gasteiger partial charge in [0, 0.05) is 77.6 Å². The van der Waals surface area contributed by atoms with Crippen LogP contribution in [0.2, 0.25) is 0 Å². The van der Waals surface area contributed by atoms with E-state index in [-0.39, 0.29) is 24.0 Å². The molecule has 1 aromatic rings. The Morgan fingerprint density at radius 3 is 2.81 bits per heavy atom. The average molecular weight is 488 g/mol. The third kappa shape index (κ3) is 6.18. The summed E-state index contributed by atoms with van der Waals surface area (Å²) in [6.45, 7) is 7.65. The number of guanidine groups is 1. The zero-order valence-corrected chi connectivity index (χ0v) is 19.1. The largest absolute Gasteiger partial charge is 0.381 e. The van der Waals surface area contributed by atoms with E-state index < -0.39 is 0 Å². The van der Waals surface area contributed by atoms with Crippen LogP contribution >= 0.6 is 24.0 Å². The summed E-state index contributed by atoms with van der Waals surface area (Å²) < 4.78 is 5.49. The minimum absolute atomic E-state index is 0. The second kappa shape index (κ2) is 11.0. The van der Waals surface area contributed by atoms with Gasteiger partial charge in [-0.05, 0) is 19.5 Å². The van der Waals surface area contributed by atoms with Crippen LogP contribution in [0.5, 0.6) is 0 Å². The highest BCUT2D eigenvalue weighted by atomic mass is 127. The topological polar surface area (TPSA) is 56.2 Å². The molecule has 1 aromatic heterocycles. The summed E-state index contributed by atoms with van der Waals surface area (Å²) >= 11 is 0. The van der Waals surface area contributed by atoms with Crippen molar-refractivity contribution in [2.45, 2.75) is 13.0 Å². The Labute approximate surface area is 180 Å². The molecule has 7 nitrogen and oxygen atoms in total. The number of anilines is 1. The van der Waals surface area contributed by atoms with E-state index in [2.05, 4.69) is 50.2 Å². The Bertz CT molecular complexity index is 600. The molecular formula is C19H33IN6O. The maximum Gasteiger partial charge on any atom is 0.193 e. The van der Waals surface area contributed by atoms with Crippen molar-refractivity contribution in [3.63, 3.8) is 0 Å². The summed E-state index contributed by atoms with van der Waals surface area (Å²) in [7, 11) is 6.11. The molecule has 0 aliphatic carbocycles. The normalized spacial score (nSPS) is 21.1. The first-order chi connectivity index (χ1) is 12.7. The number of hydrogen-bond acceptors (Lipinski definition) is 5. The summed E-state index contributed by atoms with van der Waals surface area (Å²) in [6.07, 6.45) is 3.02. The maximum absolute atomic E-state index is 5.49. The number of rotatable bonds is 5. The molecule has 3 heterocycles. The summed E-state index contributed by atoms with van der Waals surface area (Å²) in [4.78, 5) is 16.1. The van der Waals surface area contributed by atoms with E-state index in [0.29, 0.717) is 5.92 Å². The van der Waals surface area contributed by atoms with Gasteiger partial charge in [-0.25, -0.2) is 4.98 Å². The maximum atomic E-state index is 5.49. The van der Waals surface area contributed by atoms with Crippen molar-refractivity contribution in [2.24, 2.45) is 10.9 Å². The fraction of sp³-hybridized carbons (Fsp3) is 0.684. The standard InChI is InChI=1S/C19H32N6O.HI/c1-20-19(24(3)14-16-6-12-26-15-16)22-13-17-5-4-7-21-18(17)25-10-8-23(2)9-11-25;/h4-5,7,16H,6,8-15H2,1-3H3,(H,20,22);1H. The molecule has 3 rings (SSSR count). The molecular weight excluding hydrogens is 455 g/mol. The quantitative estimate of drug-likeness (QED) is 0.385. The van der Waals surface area contributed by atoms with E-state index in [1.54, 1.807) is 0 Å². The van der Waals surface area contributed by atoms with Crippen molar-refractivity contribution < 1.29 is 4.74 Å². The van der Waals surface area contributed by atoms with E-state index in [4.69, 9.17) is 4.74 Å². The van der Waals surface area contributed by atoms with Gasteiger partial charge in [0.15, 0.2) is 5.96 Å². The molecule has 2 saturated heterocycles. The van der Waals surface area contributed by atoms with Crippen LogP contribution in [0.25, 0.3) is 0 Å². The molecule has 152 valence electrons. The van der Waals surface area contributed by atoms with Gasteiger partial charge >= 0.3 is 0 Å². The Balaban J connectivity index is 0.00000261. The number of aromatic nitrogens is 1. The Hall–Kier alpha value is -1.13. The van der Waals surface area contributed by atoms with Crippen LogP contribution in [0, 0.1) is 5.92 Å². The number of hydrogen-bond donors (Lipinski definition) is 1. The van der Waals surface area contributed by atoms with Crippen LogP contribution < -0.4 is 10.2 Å². The molecule has 1 unspecified atom stereocenters. The van der Waals surface area contributed by atoms with Crippen molar-refractivity contribution in [2.75, 3.05) is 72.0 Å². The van der Waals surface area contributed by atoms with Gasteiger partial charge in [0.1, 0.15) is 5.82 Å². The van der Waals surface area contributed by atoms with Crippen LogP contribution in [0.3, 0.4) is 0 Å². The number of aliphatic imine (C=N–C) groups is 1. The first-order valence-corrected chi connectivity index (χ1v) is 9.54. The number of pyridine rings is 1. The molecule has 0 saturated carbocycles. The first-order valence-electron chi connectivity index (χ1n) is 9.54. The molecule has 2 fully saturated rings. The van der Waals surface area contributed by atoms with Crippen molar-refractivity contribution in [1.29, 1.82) is 0 Å². The Morgan fingerprint density at radius 2 is 2.15 bits per heavy atom. The van der Waals surface area contributed by atoms with Gasteiger partial charge in [0.05, 0.1) is 6.61 Å². The average Bonchev–Trinajstić information content (AvgIpc) is 3.16. The predicted molar refractivity (Wildman–Crippen MR) is 121 cm³/mol. The second-order valence-corrected chi connectivity index (χ2v) is 7.29. The monoisotopic (exact) mass is 488 g/mol. The lowest BCUT2D eigenvalue weighted by Crippen LogP contribution is -2.45. The third-order valence-corrected chi connectivity index (χ3v) is 5.24. The van der Waals surface area contributed by atoms with Crippen LogP contribution in [-0.4, -0.2) is 87.8 Å². The summed E-state index contributed by atoms with van der Waals surface area (Å²) in [5, 5.41) is 3.51. The van der Waals surface area contributed by atoms with Crippen LogP contribution in [0.1, 0.15) is 12.0 Å². The number of nitrogens with zero attached hydrogens (tertiary/aromatic N) is 5. The molecule has 2 aliphatic rings. The zero-order valence-electron chi connectivity index (χ0n) is 16.7. The molecule has 0 bridgehead atoms. The Morgan fingerprint density at radius 1 is 1.37 bits per heavy atom. The lowest BCUT2D eigenvalue weighted by molar-refractivity contribution is 0.181. The number of halogens is 1. The van der Waals surface area contributed by atoms with Gasteiger partial charge in [-0.15, -0.1) is 24.0 Å². The fourth-order valence-electron chi connectivity index (χ4n) is 3.63. The number of nitrogens with one attached hydrogen (secondary N) is 1. The van der Waals surface area contributed by atoms with Crippen LogP contribution in [0.15, 0.2) is 23.3 Å². The number of piperazine rings is 1. The Kier molecular flexibility index (Phi) is 9.04. The van der Waals surface area contributed by atoms with Gasteiger partial charge in [-0.2, -0.15) is 0 Å². The molecule has 0 amide bonds. The molecule has 0 spiro atoms. The third-order valence-electron chi connectivity index (χ3n) is 5.24. The van der Waals surface area contributed by atoms with Gasteiger partial charge in [0.2, 0.25) is 0 Å². The molecule has 8 heteroatoms. The second-order valence-electron chi connectivity index (χ2n) is 7.29. The van der Waals surface area contributed by atoms with Gasteiger partial charge < -0.3 is 24.8 Å². The number of likely N-dealkylation sites (N-methyl/N-ethyl adjacent to an activating group) is 1. The van der Waals surface area contributed by atoms with Crippen molar-refractivity contribution in [1.82, 2.24) is 20.1 Å². The molecule has 0 aromatic carbocycles. The molecule has 2 aliphatic heterocycles. The van der Waals surface area contributed by atoms with Gasteiger partial charge in [-0.1, -0.05) is 6.07 Å². The SMILES string of the molecule is CN=C(NCc1cccnc1N1CCN(C)CC1)N(C)CC1CCOC1.I. The lowest BCUT2D eigenvalue weighted by Gasteiger charge is -2.34. The van der Waals surface area contributed by atoms with Crippen molar-refractivity contribution in [3.8, 4) is 0 Å². The lowest BCUT2D eigenvalue weighted by atomic mass is 10.1. The van der Waals surface area contributed by atoms with Crippen molar-refractivity contribution in [3.05, 3.63) is 23.9 Å². The predicted octanol–water partition coefficient (Wildman–Crippen LogP) is 1.50. The van der Waals surface area contributed by atoms with Crippen LogP contribution in [0.4, 0.5) is 5.82 Å². The highest BCUT2D eigenvalue weighted by molar-refractivity contribution is 14.0. The van der Waals surface area contributed by atoms with Crippen LogP contribution in [-0.2, 0) is 11.3 Å². The van der Waals surface area contributed by atoms with Crippen molar-refractivity contribution >= 4 is 35.8 Å². The molecule has 1 atom stereocenters. The van der Waals surface area contributed by atoms with Gasteiger partial charge in [0.25, 0.3) is 0 Å². The highest BCUT2D eigenvalue weighted by Crippen LogP contribution is 2.19. The highest BCUT2D eigenvalue weighted by Gasteiger charge is 2.20. The summed E-state index contributed by atoms with van der Waals surface area (Å²) in [5.41, 5.74) is 1.22. The minimum atomic E-state index is 0. The number of ether oxygens (including phenoxy) is 1. The van der Waals surface area contributed by atoms with E-state index in [0.717, 1.165) is 70.7 Å². The smallest absolute Gasteiger partial charge is 0.193 e. The zero-order chi connectivity index (χ0) is 18.4. The first kappa shape index (κ1) is 22.2.